The second kappa shape index (κ2) is 5.95. The first-order chi connectivity index (χ1) is 10.8. The Labute approximate surface area is 133 Å². The number of rotatable bonds is 2. The molecule has 2 aromatic rings. The second-order valence-electron chi connectivity index (χ2n) is 6.43. The van der Waals surface area contributed by atoms with Gasteiger partial charge in [0.1, 0.15) is 11.3 Å². The first-order valence-corrected chi connectivity index (χ1v) is 9.08. The zero-order valence-electron chi connectivity index (χ0n) is 12.6. The predicted octanol–water partition coefficient (Wildman–Crippen LogP) is 2.47. The van der Waals surface area contributed by atoms with Gasteiger partial charge in [0.2, 0.25) is 10.9 Å². The molecule has 1 amide bonds. The quantitative estimate of drug-likeness (QED) is 0.853. The van der Waals surface area contributed by atoms with Crippen LogP contribution in [0.15, 0.2) is 6.33 Å². The fourth-order valence-electron chi connectivity index (χ4n) is 3.69. The highest BCUT2D eigenvalue weighted by Crippen LogP contribution is 2.32. The van der Waals surface area contributed by atoms with E-state index in [1.165, 1.54) is 19.3 Å². The van der Waals surface area contributed by atoms with Crippen molar-refractivity contribution in [2.45, 2.75) is 50.9 Å². The van der Waals surface area contributed by atoms with Gasteiger partial charge in [0, 0.05) is 24.9 Å². The van der Waals surface area contributed by atoms with Crippen LogP contribution in [-0.4, -0.2) is 43.7 Å². The van der Waals surface area contributed by atoms with E-state index in [1.54, 1.807) is 22.2 Å². The molecule has 0 spiro atoms. The van der Waals surface area contributed by atoms with Gasteiger partial charge in [-0.2, -0.15) is 9.61 Å². The molecule has 0 aromatic carbocycles. The number of carbonyl (C=O) groups is 1. The monoisotopic (exact) mass is 319 g/mol. The van der Waals surface area contributed by atoms with Crippen molar-refractivity contribution in [2.24, 2.45) is 5.92 Å². The normalized spacial score (nSPS) is 21.5. The average Bonchev–Trinajstić information content (AvgIpc) is 3.17. The SMILES string of the molecule is O=C(C1CCCCC1)N1CCC(c2nn3cnnc3s2)CC1. The van der Waals surface area contributed by atoms with Gasteiger partial charge in [-0.3, -0.25) is 4.79 Å². The van der Waals surface area contributed by atoms with Crippen LogP contribution in [0.5, 0.6) is 0 Å². The minimum Gasteiger partial charge on any atom is -0.342 e. The van der Waals surface area contributed by atoms with E-state index in [9.17, 15) is 4.79 Å². The van der Waals surface area contributed by atoms with Crippen LogP contribution in [0.2, 0.25) is 0 Å². The fourth-order valence-corrected chi connectivity index (χ4v) is 4.68. The van der Waals surface area contributed by atoms with Crippen molar-refractivity contribution in [3.8, 4) is 0 Å². The Morgan fingerprint density at radius 2 is 1.91 bits per heavy atom. The van der Waals surface area contributed by atoms with Gasteiger partial charge in [0.25, 0.3) is 0 Å². The van der Waals surface area contributed by atoms with Gasteiger partial charge in [-0.15, -0.1) is 10.2 Å². The molecule has 2 aliphatic rings. The number of likely N-dealkylation sites (tertiary alicyclic amines) is 1. The number of carbonyl (C=O) groups excluding carboxylic acids is 1. The summed E-state index contributed by atoms with van der Waals surface area (Å²) in [7, 11) is 0. The number of nitrogens with zero attached hydrogens (tertiary/aromatic N) is 5. The minimum atomic E-state index is 0.291. The van der Waals surface area contributed by atoms with E-state index < -0.39 is 0 Å². The molecule has 1 aliphatic heterocycles. The number of aromatic nitrogens is 4. The van der Waals surface area contributed by atoms with Gasteiger partial charge < -0.3 is 4.90 Å². The molecule has 0 radical (unpaired) electrons. The standard InChI is InChI=1S/C15H21N5OS/c21-14(12-4-2-1-3-5-12)19-8-6-11(7-9-19)13-18-20-10-16-17-15(20)22-13/h10-12H,1-9H2. The first kappa shape index (κ1) is 14.1. The molecule has 1 saturated heterocycles. The molecular formula is C15H21N5OS. The molecule has 2 fully saturated rings. The molecule has 118 valence electrons. The molecule has 0 unspecified atom stereocenters. The Hall–Kier alpha value is -1.50. The van der Waals surface area contributed by atoms with Crippen molar-refractivity contribution in [2.75, 3.05) is 13.1 Å². The van der Waals surface area contributed by atoms with Crippen molar-refractivity contribution in [1.82, 2.24) is 24.7 Å². The Morgan fingerprint density at radius 3 is 2.64 bits per heavy atom. The van der Waals surface area contributed by atoms with Gasteiger partial charge in [0.15, 0.2) is 0 Å². The van der Waals surface area contributed by atoms with Crippen molar-refractivity contribution in [3.05, 3.63) is 11.3 Å². The first-order valence-electron chi connectivity index (χ1n) is 8.27. The smallest absolute Gasteiger partial charge is 0.234 e. The van der Waals surface area contributed by atoms with E-state index in [0.717, 1.165) is 48.7 Å². The van der Waals surface area contributed by atoms with Gasteiger partial charge in [-0.25, -0.2) is 0 Å². The maximum absolute atomic E-state index is 12.6. The van der Waals surface area contributed by atoms with Crippen LogP contribution in [-0.2, 0) is 4.79 Å². The number of fused-ring (bicyclic) bond motifs is 1. The van der Waals surface area contributed by atoms with Crippen molar-refractivity contribution < 1.29 is 4.79 Å². The van der Waals surface area contributed by atoms with Gasteiger partial charge in [-0.1, -0.05) is 30.6 Å². The van der Waals surface area contributed by atoms with Crippen LogP contribution in [0.25, 0.3) is 4.96 Å². The largest absolute Gasteiger partial charge is 0.342 e. The van der Waals surface area contributed by atoms with E-state index in [2.05, 4.69) is 20.2 Å². The van der Waals surface area contributed by atoms with E-state index in [-0.39, 0.29) is 0 Å². The summed E-state index contributed by atoms with van der Waals surface area (Å²) >= 11 is 1.62. The molecule has 6 nitrogen and oxygen atoms in total. The summed E-state index contributed by atoms with van der Waals surface area (Å²) in [5.74, 6) is 1.15. The summed E-state index contributed by atoms with van der Waals surface area (Å²) in [6.45, 7) is 1.75. The van der Waals surface area contributed by atoms with Crippen LogP contribution >= 0.6 is 11.3 Å². The van der Waals surface area contributed by atoms with Crippen molar-refractivity contribution in [1.29, 1.82) is 0 Å². The highest BCUT2D eigenvalue weighted by atomic mass is 32.1. The van der Waals surface area contributed by atoms with Gasteiger partial charge in [-0.05, 0) is 25.7 Å². The Kier molecular flexibility index (Phi) is 3.82. The molecule has 1 saturated carbocycles. The van der Waals surface area contributed by atoms with Crippen LogP contribution in [0.1, 0.15) is 55.9 Å². The zero-order valence-corrected chi connectivity index (χ0v) is 13.5. The Bertz CT molecular complexity index is 623. The number of amides is 1. The third kappa shape index (κ3) is 2.62. The molecule has 0 bridgehead atoms. The highest BCUT2D eigenvalue weighted by Gasteiger charge is 2.30. The molecule has 1 aliphatic carbocycles. The van der Waals surface area contributed by atoms with E-state index >= 15 is 0 Å². The summed E-state index contributed by atoms with van der Waals surface area (Å²) in [5, 5.41) is 13.6. The lowest BCUT2D eigenvalue weighted by molar-refractivity contribution is -0.137. The lowest BCUT2D eigenvalue weighted by atomic mass is 9.87. The molecular weight excluding hydrogens is 298 g/mol. The van der Waals surface area contributed by atoms with Crippen LogP contribution in [0.4, 0.5) is 0 Å². The lowest BCUT2D eigenvalue weighted by Crippen LogP contribution is -2.41. The Balaban J connectivity index is 1.37. The predicted molar refractivity (Wildman–Crippen MR) is 83.8 cm³/mol. The van der Waals surface area contributed by atoms with E-state index in [4.69, 9.17) is 0 Å². The van der Waals surface area contributed by atoms with Gasteiger partial charge >= 0.3 is 0 Å². The number of hydrogen-bond donors (Lipinski definition) is 0. The topological polar surface area (TPSA) is 63.4 Å². The molecule has 2 aromatic heterocycles. The lowest BCUT2D eigenvalue weighted by Gasteiger charge is -2.34. The van der Waals surface area contributed by atoms with Crippen LogP contribution in [0.3, 0.4) is 0 Å². The summed E-state index contributed by atoms with van der Waals surface area (Å²) in [6.07, 6.45) is 9.61. The third-order valence-corrected chi connectivity index (χ3v) is 6.09. The van der Waals surface area contributed by atoms with Crippen LogP contribution < -0.4 is 0 Å². The fraction of sp³-hybridized carbons (Fsp3) is 0.733. The molecule has 4 rings (SSSR count). The zero-order chi connectivity index (χ0) is 14.9. The molecule has 22 heavy (non-hydrogen) atoms. The summed E-state index contributed by atoms with van der Waals surface area (Å²) in [6, 6.07) is 0. The molecule has 0 N–H and O–H groups in total. The molecule has 0 atom stereocenters. The van der Waals surface area contributed by atoms with Gasteiger partial charge in [0.05, 0.1) is 0 Å². The average molecular weight is 319 g/mol. The number of hydrogen-bond acceptors (Lipinski definition) is 5. The van der Waals surface area contributed by atoms with Crippen molar-refractivity contribution in [3.63, 3.8) is 0 Å². The number of piperidine rings is 1. The molecule has 7 heteroatoms. The Morgan fingerprint density at radius 1 is 1.14 bits per heavy atom. The summed E-state index contributed by atoms with van der Waals surface area (Å²) in [4.78, 5) is 15.5. The van der Waals surface area contributed by atoms with E-state index in [0.29, 0.717) is 17.7 Å². The third-order valence-electron chi connectivity index (χ3n) is 5.01. The van der Waals surface area contributed by atoms with Crippen molar-refractivity contribution >= 4 is 22.2 Å². The summed E-state index contributed by atoms with van der Waals surface area (Å²) in [5.41, 5.74) is 0. The van der Waals surface area contributed by atoms with Crippen LogP contribution in [0, 0.1) is 5.92 Å². The maximum Gasteiger partial charge on any atom is 0.234 e. The molecule has 3 heterocycles. The second-order valence-corrected chi connectivity index (χ2v) is 7.42. The van der Waals surface area contributed by atoms with E-state index in [1.807, 2.05) is 0 Å². The highest BCUT2D eigenvalue weighted by molar-refractivity contribution is 7.16. The summed E-state index contributed by atoms with van der Waals surface area (Å²) < 4.78 is 1.75. The maximum atomic E-state index is 12.6. The minimum absolute atomic E-state index is 0.291.